The molecule has 1 rings (SSSR count). The van der Waals surface area contributed by atoms with Crippen molar-refractivity contribution in [1.82, 2.24) is 0 Å². The molecule has 0 saturated carbocycles. The zero-order valence-electron chi connectivity index (χ0n) is 6.24. The summed E-state index contributed by atoms with van der Waals surface area (Å²) in [5, 5.41) is 8.13. The molecule has 1 aromatic carbocycles. The van der Waals surface area contributed by atoms with Crippen LogP contribution in [0.3, 0.4) is 0 Å². The summed E-state index contributed by atoms with van der Waals surface area (Å²) in [5.74, 6) is 2.82. The van der Waals surface area contributed by atoms with Gasteiger partial charge < -0.3 is 0 Å². The molecule has 0 N–H and O–H groups in total. The lowest BCUT2D eigenvalue weighted by atomic mass is 10.2. The van der Waals surface area contributed by atoms with Crippen LogP contribution in [-0.4, -0.2) is 0 Å². The zero-order valence-corrected chi connectivity index (χ0v) is 7.82. The van der Waals surface area contributed by atoms with Crippen molar-refractivity contribution in [2.24, 2.45) is 0 Å². The van der Waals surface area contributed by atoms with Crippen molar-refractivity contribution in [3.8, 4) is 17.9 Å². The van der Waals surface area contributed by atoms with Crippen molar-refractivity contribution in [2.75, 3.05) is 0 Å². The minimum absolute atomic E-state index is 0.0112. The summed E-state index contributed by atoms with van der Waals surface area (Å²) in [6.45, 7) is 0. The smallest absolute Gasteiger partial charge is 0.152 e. The van der Waals surface area contributed by atoms with Crippen LogP contribution in [0, 0.1) is 34.8 Å². The van der Waals surface area contributed by atoms with E-state index in [4.69, 9.17) is 5.26 Å². The van der Waals surface area contributed by atoms with E-state index in [0.29, 0.717) is 6.07 Å². The van der Waals surface area contributed by atoms with Gasteiger partial charge >= 0.3 is 0 Å². The lowest BCUT2D eigenvalue weighted by molar-refractivity contribution is 0.579. The molecule has 64 valence electrons. The summed E-state index contributed by atoms with van der Waals surface area (Å²) < 4.78 is 25.7. The normalized spacial score (nSPS) is 8.46. The fraction of sp³-hybridized carbons (Fsp3) is 0. The maximum absolute atomic E-state index is 13.0. The minimum atomic E-state index is -0.783. The Hall–Kier alpha value is -1.39. The van der Waals surface area contributed by atoms with Gasteiger partial charge in [-0.3, -0.25) is 0 Å². The molecule has 13 heavy (non-hydrogen) atoms. The maximum Gasteiger partial charge on any atom is 0.152 e. The van der Waals surface area contributed by atoms with E-state index in [9.17, 15) is 8.78 Å². The van der Waals surface area contributed by atoms with Crippen LogP contribution in [0.15, 0.2) is 16.6 Å². The second-order valence-electron chi connectivity index (χ2n) is 2.11. The van der Waals surface area contributed by atoms with Crippen LogP contribution in [0.1, 0.15) is 5.56 Å². The van der Waals surface area contributed by atoms with Crippen LogP contribution < -0.4 is 0 Å². The third-order valence-electron chi connectivity index (χ3n) is 1.25. The Bertz CT molecular complexity index is 414. The first kappa shape index (κ1) is 9.70. The third-order valence-corrected chi connectivity index (χ3v) is 1.88. The second kappa shape index (κ2) is 4.02. The number of nitrogens with zero attached hydrogens (tertiary/aromatic N) is 1. The first-order valence-electron chi connectivity index (χ1n) is 3.20. The zero-order chi connectivity index (χ0) is 9.84. The summed E-state index contributed by atoms with van der Waals surface area (Å²) in [7, 11) is 0. The number of hydrogen-bond donors (Lipinski definition) is 0. The van der Waals surface area contributed by atoms with Crippen LogP contribution in [0.25, 0.3) is 0 Å². The minimum Gasteiger partial charge on any atom is -0.207 e. The van der Waals surface area contributed by atoms with E-state index < -0.39 is 11.6 Å². The van der Waals surface area contributed by atoms with Crippen LogP contribution in [0.2, 0.25) is 0 Å². The van der Waals surface area contributed by atoms with Gasteiger partial charge in [0.25, 0.3) is 0 Å². The highest BCUT2D eigenvalue weighted by Gasteiger charge is 2.06. The highest BCUT2D eigenvalue weighted by atomic mass is 79.9. The Morgan fingerprint density at radius 2 is 2.00 bits per heavy atom. The fourth-order valence-corrected chi connectivity index (χ4v) is 1.26. The van der Waals surface area contributed by atoms with E-state index in [1.165, 1.54) is 0 Å². The highest BCUT2D eigenvalue weighted by molar-refractivity contribution is 9.10. The molecule has 4 heteroatoms. The Kier molecular flexibility index (Phi) is 3.00. The quantitative estimate of drug-likeness (QED) is 0.641. The molecule has 0 aromatic heterocycles. The van der Waals surface area contributed by atoms with Gasteiger partial charge in [-0.15, -0.1) is 0 Å². The number of hydrogen-bond acceptors (Lipinski definition) is 1. The molecule has 1 nitrogen and oxygen atoms in total. The lowest BCUT2D eigenvalue weighted by Crippen LogP contribution is -1.87. The van der Waals surface area contributed by atoms with E-state index in [1.807, 2.05) is 5.92 Å². The molecule has 0 fully saturated rings. The SMILES string of the molecule is N#CC#Cc1c(F)cc(F)cc1Br. The van der Waals surface area contributed by atoms with Gasteiger partial charge in [-0.1, -0.05) is 0 Å². The summed E-state index contributed by atoms with van der Waals surface area (Å²) >= 11 is 2.94. The summed E-state index contributed by atoms with van der Waals surface area (Å²) in [6, 6.07) is 3.35. The number of benzene rings is 1. The average molecular weight is 242 g/mol. The molecule has 0 unspecified atom stereocenters. The first-order valence-corrected chi connectivity index (χ1v) is 3.99. The predicted molar refractivity (Wildman–Crippen MR) is 46.5 cm³/mol. The van der Waals surface area contributed by atoms with Crippen molar-refractivity contribution < 1.29 is 8.78 Å². The maximum atomic E-state index is 13.0. The van der Waals surface area contributed by atoms with Crippen LogP contribution in [-0.2, 0) is 0 Å². The van der Waals surface area contributed by atoms with E-state index in [2.05, 4.69) is 21.9 Å². The molecule has 0 bridgehead atoms. The van der Waals surface area contributed by atoms with Crippen molar-refractivity contribution in [3.63, 3.8) is 0 Å². The monoisotopic (exact) mass is 241 g/mol. The Labute approximate surface area is 82.1 Å². The van der Waals surface area contributed by atoms with Gasteiger partial charge in [0.1, 0.15) is 11.6 Å². The molecule has 0 aliphatic rings. The number of nitriles is 1. The largest absolute Gasteiger partial charge is 0.207 e. The van der Waals surface area contributed by atoms with E-state index in [0.717, 1.165) is 6.07 Å². The van der Waals surface area contributed by atoms with Gasteiger partial charge in [-0.25, -0.2) is 8.78 Å². The van der Waals surface area contributed by atoms with Gasteiger partial charge in [-0.05, 0) is 27.9 Å². The van der Waals surface area contributed by atoms with Gasteiger partial charge in [-0.2, -0.15) is 5.26 Å². The van der Waals surface area contributed by atoms with Gasteiger partial charge in [0.05, 0.1) is 5.56 Å². The first-order chi connectivity index (χ1) is 6.15. The number of halogens is 3. The molecular formula is C9H2BrF2N. The van der Waals surface area contributed by atoms with Crippen molar-refractivity contribution in [1.29, 1.82) is 5.26 Å². The Morgan fingerprint density at radius 1 is 1.31 bits per heavy atom. The molecule has 0 amide bonds. The van der Waals surface area contributed by atoms with Gasteiger partial charge in [0, 0.05) is 16.5 Å². The standard InChI is InChI=1S/C9H2BrF2N/c10-8-4-6(11)5-9(12)7(8)2-1-3-13/h4-5H. The Morgan fingerprint density at radius 3 is 2.54 bits per heavy atom. The topological polar surface area (TPSA) is 23.8 Å². The summed E-state index contributed by atoms with van der Waals surface area (Å²) in [5.41, 5.74) is -0.0112. The highest BCUT2D eigenvalue weighted by Crippen LogP contribution is 2.20. The van der Waals surface area contributed by atoms with Gasteiger partial charge in [0.15, 0.2) is 6.07 Å². The summed E-state index contributed by atoms with van der Waals surface area (Å²) in [4.78, 5) is 0. The molecule has 1 aromatic rings. The molecular weight excluding hydrogens is 240 g/mol. The molecule has 0 heterocycles. The van der Waals surface area contributed by atoms with Gasteiger partial charge in [0.2, 0.25) is 0 Å². The molecule has 0 aliphatic heterocycles. The van der Waals surface area contributed by atoms with E-state index >= 15 is 0 Å². The van der Waals surface area contributed by atoms with Crippen LogP contribution in [0.4, 0.5) is 8.78 Å². The Balaban J connectivity index is 3.31. The van der Waals surface area contributed by atoms with Crippen LogP contribution in [0.5, 0.6) is 0 Å². The van der Waals surface area contributed by atoms with Crippen molar-refractivity contribution in [3.05, 3.63) is 33.8 Å². The fourth-order valence-electron chi connectivity index (χ4n) is 0.752. The summed E-state index contributed by atoms with van der Waals surface area (Å²) in [6.07, 6.45) is 0. The van der Waals surface area contributed by atoms with E-state index in [1.54, 1.807) is 6.07 Å². The molecule has 0 aliphatic carbocycles. The molecule has 0 atom stereocenters. The second-order valence-corrected chi connectivity index (χ2v) is 2.96. The lowest BCUT2D eigenvalue weighted by Gasteiger charge is -1.97. The molecule has 0 spiro atoms. The van der Waals surface area contributed by atoms with Crippen molar-refractivity contribution >= 4 is 15.9 Å². The van der Waals surface area contributed by atoms with E-state index in [-0.39, 0.29) is 10.0 Å². The molecule has 0 saturated heterocycles. The van der Waals surface area contributed by atoms with Crippen LogP contribution >= 0.6 is 15.9 Å². The third kappa shape index (κ3) is 2.27. The average Bonchev–Trinajstić information content (AvgIpc) is 2.02. The van der Waals surface area contributed by atoms with Crippen molar-refractivity contribution in [2.45, 2.75) is 0 Å². The molecule has 0 radical (unpaired) electrons. The predicted octanol–water partition coefficient (Wildman–Crippen LogP) is 2.60. The number of rotatable bonds is 0.